The standard InChI is InChI=1S/C17H23N7O2/c1-12-14(10-22(2)21-12)20-15(25)11-23-6-8-24(9-7-23)17-13(16(18)26)4-3-5-19-17/h3-5,10H,6-9,11H2,1-2H3,(H2,18,26)(H,20,25). The van der Waals surface area contributed by atoms with Crippen LogP contribution in [0.3, 0.4) is 0 Å². The van der Waals surface area contributed by atoms with Crippen LogP contribution in [0.25, 0.3) is 0 Å². The maximum Gasteiger partial charge on any atom is 0.252 e. The van der Waals surface area contributed by atoms with Gasteiger partial charge in [0.1, 0.15) is 5.82 Å². The molecule has 0 aliphatic carbocycles. The fourth-order valence-electron chi connectivity index (χ4n) is 3.07. The lowest BCUT2D eigenvalue weighted by molar-refractivity contribution is -0.117. The highest BCUT2D eigenvalue weighted by Gasteiger charge is 2.23. The predicted molar refractivity (Wildman–Crippen MR) is 98.0 cm³/mol. The van der Waals surface area contributed by atoms with Gasteiger partial charge in [0.2, 0.25) is 5.91 Å². The number of amides is 2. The Morgan fingerprint density at radius 1 is 1.27 bits per heavy atom. The van der Waals surface area contributed by atoms with E-state index in [0.717, 1.165) is 11.4 Å². The molecule has 0 saturated carbocycles. The first-order valence-corrected chi connectivity index (χ1v) is 8.46. The van der Waals surface area contributed by atoms with E-state index < -0.39 is 5.91 Å². The quantitative estimate of drug-likeness (QED) is 0.778. The summed E-state index contributed by atoms with van der Waals surface area (Å²) in [7, 11) is 1.82. The number of anilines is 2. The second kappa shape index (κ2) is 7.52. The van der Waals surface area contributed by atoms with Crippen LogP contribution in [0.5, 0.6) is 0 Å². The monoisotopic (exact) mass is 357 g/mol. The highest BCUT2D eigenvalue weighted by Crippen LogP contribution is 2.18. The number of aryl methyl sites for hydroxylation is 2. The van der Waals surface area contributed by atoms with Gasteiger partial charge in [0.05, 0.1) is 23.5 Å². The van der Waals surface area contributed by atoms with Crippen molar-refractivity contribution in [2.75, 3.05) is 42.9 Å². The predicted octanol–water partition coefficient (Wildman–Crippen LogP) is -0.0169. The van der Waals surface area contributed by atoms with E-state index in [1.54, 1.807) is 29.2 Å². The first-order valence-electron chi connectivity index (χ1n) is 8.46. The third-order valence-electron chi connectivity index (χ3n) is 4.38. The van der Waals surface area contributed by atoms with Crippen LogP contribution in [0.2, 0.25) is 0 Å². The molecule has 3 heterocycles. The molecular weight excluding hydrogens is 334 g/mol. The van der Waals surface area contributed by atoms with Crippen LogP contribution >= 0.6 is 0 Å². The summed E-state index contributed by atoms with van der Waals surface area (Å²) < 4.78 is 1.67. The van der Waals surface area contributed by atoms with Crippen molar-refractivity contribution in [3.05, 3.63) is 35.8 Å². The van der Waals surface area contributed by atoms with Crippen LogP contribution in [0.4, 0.5) is 11.5 Å². The zero-order valence-electron chi connectivity index (χ0n) is 15.0. The number of pyridine rings is 1. The summed E-state index contributed by atoms with van der Waals surface area (Å²) in [6.45, 7) is 4.93. The number of hydrogen-bond donors (Lipinski definition) is 2. The van der Waals surface area contributed by atoms with Crippen molar-refractivity contribution in [1.82, 2.24) is 19.7 Å². The fraction of sp³-hybridized carbons (Fsp3) is 0.412. The maximum atomic E-state index is 12.3. The van der Waals surface area contributed by atoms with Gasteiger partial charge in [-0.15, -0.1) is 0 Å². The van der Waals surface area contributed by atoms with Gasteiger partial charge in [0.15, 0.2) is 0 Å². The fourth-order valence-corrected chi connectivity index (χ4v) is 3.07. The van der Waals surface area contributed by atoms with E-state index in [1.807, 2.05) is 18.9 Å². The van der Waals surface area contributed by atoms with Gasteiger partial charge in [-0.25, -0.2) is 4.98 Å². The number of aromatic nitrogens is 3. The maximum absolute atomic E-state index is 12.3. The van der Waals surface area contributed by atoms with Crippen LogP contribution in [0, 0.1) is 6.92 Å². The molecule has 26 heavy (non-hydrogen) atoms. The highest BCUT2D eigenvalue weighted by atomic mass is 16.2. The summed E-state index contributed by atoms with van der Waals surface area (Å²) in [5.74, 6) is 0.0574. The normalized spacial score (nSPS) is 15.1. The molecule has 0 aromatic carbocycles. The summed E-state index contributed by atoms with van der Waals surface area (Å²) in [6, 6.07) is 3.38. The van der Waals surface area contributed by atoms with E-state index in [9.17, 15) is 9.59 Å². The Morgan fingerprint density at radius 3 is 2.62 bits per heavy atom. The van der Waals surface area contributed by atoms with Crippen molar-refractivity contribution in [1.29, 1.82) is 0 Å². The van der Waals surface area contributed by atoms with Crippen molar-refractivity contribution in [3.8, 4) is 0 Å². The first kappa shape index (κ1) is 17.9. The third kappa shape index (κ3) is 3.99. The van der Waals surface area contributed by atoms with Gasteiger partial charge in [-0.1, -0.05) is 0 Å². The van der Waals surface area contributed by atoms with Crippen molar-refractivity contribution in [3.63, 3.8) is 0 Å². The zero-order valence-corrected chi connectivity index (χ0v) is 15.0. The summed E-state index contributed by atoms with van der Waals surface area (Å²) in [4.78, 5) is 32.2. The molecule has 3 N–H and O–H groups in total. The van der Waals surface area contributed by atoms with Crippen molar-refractivity contribution in [2.45, 2.75) is 6.92 Å². The lowest BCUT2D eigenvalue weighted by Gasteiger charge is -2.35. The van der Waals surface area contributed by atoms with Gasteiger partial charge >= 0.3 is 0 Å². The molecule has 138 valence electrons. The number of nitrogens with two attached hydrogens (primary N) is 1. The van der Waals surface area contributed by atoms with Crippen molar-refractivity contribution in [2.24, 2.45) is 12.8 Å². The molecule has 1 aliphatic heterocycles. The van der Waals surface area contributed by atoms with E-state index in [0.29, 0.717) is 44.1 Å². The number of carbonyl (C=O) groups is 2. The summed E-state index contributed by atoms with van der Waals surface area (Å²) in [6.07, 6.45) is 3.44. The lowest BCUT2D eigenvalue weighted by atomic mass is 10.2. The largest absolute Gasteiger partial charge is 0.365 e. The third-order valence-corrected chi connectivity index (χ3v) is 4.38. The molecule has 9 heteroatoms. The lowest BCUT2D eigenvalue weighted by Crippen LogP contribution is -2.49. The zero-order chi connectivity index (χ0) is 18.7. The van der Waals surface area contributed by atoms with E-state index in [-0.39, 0.29) is 5.91 Å². The summed E-state index contributed by atoms with van der Waals surface area (Å²) in [5.41, 5.74) is 7.37. The van der Waals surface area contributed by atoms with E-state index in [4.69, 9.17) is 5.73 Å². The molecule has 0 bridgehead atoms. The second-order valence-electron chi connectivity index (χ2n) is 6.35. The van der Waals surface area contributed by atoms with Crippen LogP contribution in [-0.2, 0) is 11.8 Å². The number of nitrogens with one attached hydrogen (secondary N) is 1. The molecule has 3 rings (SSSR count). The average molecular weight is 357 g/mol. The summed E-state index contributed by atoms with van der Waals surface area (Å²) in [5, 5.41) is 7.11. The number of hydrogen-bond acceptors (Lipinski definition) is 6. The smallest absolute Gasteiger partial charge is 0.252 e. The van der Waals surface area contributed by atoms with E-state index in [2.05, 4.69) is 20.3 Å². The Balaban J connectivity index is 1.55. The molecule has 0 unspecified atom stereocenters. The molecule has 1 saturated heterocycles. The minimum Gasteiger partial charge on any atom is -0.365 e. The molecular formula is C17H23N7O2. The van der Waals surface area contributed by atoms with Crippen LogP contribution in [0.1, 0.15) is 16.1 Å². The molecule has 2 amide bonds. The number of piperazine rings is 1. The topological polar surface area (TPSA) is 109 Å². The molecule has 2 aromatic heterocycles. The van der Waals surface area contributed by atoms with Gasteiger partial charge in [-0.05, 0) is 19.1 Å². The van der Waals surface area contributed by atoms with Gasteiger partial charge < -0.3 is 16.0 Å². The first-order chi connectivity index (χ1) is 12.4. The number of nitrogens with zero attached hydrogens (tertiary/aromatic N) is 5. The number of primary amides is 1. The Hall–Kier alpha value is -2.94. The second-order valence-corrected chi connectivity index (χ2v) is 6.35. The van der Waals surface area contributed by atoms with Crippen molar-refractivity contribution < 1.29 is 9.59 Å². The van der Waals surface area contributed by atoms with Crippen LogP contribution in [-0.4, -0.2) is 64.2 Å². The van der Waals surface area contributed by atoms with Gasteiger partial charge in [-0.2, -0.15) is 5.10 Å². The minimum atomic E-state index is -0.484. The Morgan fingerprint density at radius 2 is 2.00 bits per heavy atom. The Kier molecular flexibility index (Phi) is 5.17. The molecule has 0 radical (unpaired) electrons. The number of carbonyl (C=O) groups excluding carboxylic acids is 2. The van der Waals surface area contributed by atoms with E-state index >= 15 is 0 Å². The molecule has 9 nitrogen and oxygen atoms in total. The molecule has 0 atom stereocenters. The minimum absolute atomic E-state index is 0.0646. The van der Waals surface area contributed by atoms with E-state index in [1.165, 1.54) is 0 Å². The van der Waals surface area contributed by atoms with Gasteiger partial charge in [0.25, 0.3) is 5.91 Å². The number of rotatable bonds is 5. The van der Waals surface area contributed by atoms with Gasteiger partial charge in [-0.3, -0.25) is 19.2 Å². The molecule has 1 fully saturated rings. The van der Waals surface area contributed by atoms with Crippen LogP contribution < -0.4 is 16.0 Å². The Labute approximate surface area is 151 Å². The molecule has 1 aliphatic rings. The SMILES string of the molecule is Cc1nn(C)cc1NC(=O)CN1CCN(c2ncccc2C(N)=O)CC1. The molecule has 2 aromatic rings. The van der Waals surface area contributed by atoms with Crippen molar-refractivity contribution >= 4 is 23.3 Å². The summed E-state index contributed by atoms with van der Waals surface area (Å²) >= 11 is 0. The van der Waals surface area contributed by atoms with Gasteiger partial charge in [0, 0.05) is 45.6 Å². The molecule has 0 spiro atoms. The van der Waals surface area contributed by atoms with Crippen LogP contribution in [0.15, 0.2) is 24.5 Å². The highest BCUT2D eigenvalue weighted by molar-refractivity contribution is 5.97. The Bertz CT molecular complexity index is 809. The average Bonchev–Trinajstić information content (AvgIpc) is 2.92.